The average molecular weight is 567 g/mol. The molecule has 1 saturated carbocycles. The topological polar surface area (TPSA) is 142 Å². The van der Waals surface area contributed by atoms with Crippen LogP contribution in [0.1, 0.15) is 79.0 Å². The maximum atomic E-state index is 13.6. The van der Waals surface area contributed by atoms with Crippen LogP contribution < -0.4 is 5.32 Å². The largest absolute Gasteiger partial charge is 0.393 e. The van der Waals surface area contributed by atoms with Crippen LogP contribution in [0.3, 0.4) is 0 Å². The maximum Gasteiger partial charge on any atom is 0.258 e. The molecule has 11 nitrogen and oxygen atoms in total. The third kappa shape index (κ3) is 5.50. The minimum Gasteiger partial charge on any atom is -0.393 e. The van der Waals surface area contributed by atoms with Gasteiger partial charge >= 0.3 is 0 Å². The number of imidazole rings is 1. The molecule has 1 saturated heterocycles. The van der Waals surface area contributed by atoms with Gasteiger partial charge in [0.15, 0.2) is 0 Å². The number of rotatable bonds is 5. The minimum absolute atomic E-state index is 0.0800. The number of hydrogen-bond donors (Lipinski definition) is 2. The van der Waals surface area contributed by atoms with Crippen molar-refractivity contribution in [1.82, 2.24) is 29.2 Å². The summed E-state index contributed by atoms with van der Waals surface area (Å²) >= 11 is 0. The molecule has 0 spiro atoms. The number of likely N-dealkylation sites (tertiary alicyclic amines) is 1. The van der Waals surface area contributed by atoms with E-state index in [1.165, 1.54) is 11.6 Å². The van der Waals surface area contributed by atoms with Crippen LogP contribution in [0, 0.1) is 11.3 Å². The van der Waals surface area contributed by atoms with Gasteiger partial charge in [0.2, 0.25) is 11.9 Å². The first-order valence-corrected chi connectivity index (χ1v) is 14.5. The van der Waals surface area contributed by atoms with E-state index in [0.29, 0.717) is 41.5 Å². The number of pyridine rings is 1. The van der Waals surface area contributed by atoms with Crippen LogP contribution in [0.25, 0.3) is 22.3 Å². The summed E-state index contributed by atoms with van der Waals surface area (Å²) in [5.74, 6) is 0.510. The van der Waals surface area contributed by atoms with Crippen LogP contribution in [-0.4, -0.2) is 65.3 Å². The number of benzene rings is 1. The number of aryl methyl sites for hydroxylation is 1. The van der Waals surface area contributed by atoms with Crippen molar-refractivity contribution in [2.45, 2.75) is 63.5 Å². The molecule has 3 aromatic heterocycles. The Bertz CT molecular complexity index is 1680. The number of aromatic nitrogens is 5. The number of carbonyl (C=O) groups is 2. The molecule has 2 fully saturated rings. The van der Waals surface area contributed by atoms with Gasteiger partial charge in [-0.1, -0.05) is 6.07 Å². The molecule has 11 heteroatoms. The molecule has 2 amide bonds. The van der Waals surface area contributed by atoms with Gasteiger partial charge in [0.1, 0.15) is 11.8 Å². The number of fused-ring (bicyclic) bond motifs is 1. The number of nitrogens with one attached hydrogen (secondary N) is 1. The van der Waals surface area contributed by atoms with Crippen molar-refractivity contribution in [2.24, 2.45) is 7.05 Å². The fourth-order valence-electron chi connectivity index (χ4n) is 6.27. The molecule has 1 aromatic carbocycles. The number of nitrogens with zero attached hydrogens (tertiary/aromatic N) is 7. The van der Waals surface area contributed by atoms with Gasteiger partial charge in [0.25, 0.3) is 5.91 Å². The van der Waals surface area contributed by atoms with E-state index in [2.05, 4.69) is 44.2 Å². The van der Waals surface area contributed by atoms with Crippen molar-refractivity contribution in [3.05, 3.63) is 59.5 Å². The van der Waals surface area contributed by atoms with Crippen LogP contribution in [0.4, 0.5) is 5.95 Å². The number of aliphatic hydroxyl groups is 1. The molecule has 216 valence electrons. The Kier molecular flexibility index (Phi) is 7.47. The van der Waals surface area contributed by atoms with E-state index in [9.17, 15) is 20.0 Å². The summed E-state index contributed by atoms with van der Waals surface area (Å²) in [6.45, 7) is 3.11. The molecule has 1 aliphatic heterocycles. The number of aliphatic hydroxyl groups excluding tert-OH is 1. The Morgan fingerprint density at radius 2 is 1.81 bits per heavy atom. The Balaban J connectivity index is 1.33. The molecule has 2 aliphatic rings. The van der Waals surface area contributed by atoms with Gasteiger partial charge in [-0.15, -0.1) is 0 Å². The first kappa shape index (κ1) is 27.6. The number of carbonyl (C=O) groups excluding carboxylic acids is 2. The minimum atomic E-state index is -0.386. The predicted molar refractivity (Wildman–Crippen MR) is 157 cm³/mol. The second-order valence-corrected chi connectivity index (χ2v) is 11.4. The summed E-state index contributed by atoms with van der Waals surface area (Å²) in [6.07, 6.45) is 7.85. The molecule has 6 rings (SSSR count). The molecule has 0 unspecified atom stereocenters. The average Bonchev–Trinajstić information content (AvgIpc) is 3.60. The number of piperidine rings is 1. The fourth-order valence-corrected chi connectivity index (χ4v) is 6.27. The monoisotopic (exact) mass is 566 g/mol. The van der Waals surface area contributed by atoms with Crippen LogP contribution in [0.15, 0.2) is 42.7 Å². The van der Waals surface area contributed by atoms with Gasteiger partial charge in [0.05, 0.1) is 29.0 Å². The molecular formula is C31H34N8O3. The van der Waals surface area contributed by atoms with Gasteiger partial charge in [-0.05, 0) is 74.3 Å². The van der Waals surface area contributed by atoms with Crippen molar-refractivity contribution < 1.29 is 14.7 Å². The quantitative estimate of drug-likeness (QED) is 0.369. The third-order valence-electron chi connectivity index (χ3n) is 8.58. The molecule has 4 heterocycles. The van der Waals surface area contributed by atoms with E-state index < -0.39 is 0 Å². The zero-order chi connectivity index (χ0) is 29.4. The smallest absolute Gasteiger partial charge is 0.258 e. The lowest BCUT2D eigenvalue weighted by Crippen LogP contribution is -2.36. The van der Waals surface area contributed by atoms with E-state index in [1.54, 1.807) is 37.1 Å². The first-order chi connectivity index (χ1) is 20.3. The summed E-state index contributed by atoms with van der Waals surface area (Å²) in [4.78, 5) is 36.6. The van der Waals surface area contributed by atoms with E-state index in [1.807, 2.05) is 4.90 Å². The molecular weight excluding hydrogens is 532 g/mol. The van der Waals surface area contributed by atoms with Gasteiger partial charge < -0.3 is 14.6 Å². The highest BCUT2D eigenvalue weighted by Crippen LogP contribution is 2.37. The molecule has 0 atom stereocenters. The van der Waals surface area contributed by atoms with Crippen LogP contribution in [0.5, 0.6) is 0 Å². The van der Waals surface area contributed by atoms with Crippen LogP contribution in [0.2, 0.25) is 0 Å². The maximum absolute atomic E-state index is 13.6. The highest BCUT2D eigenvalue weighted by atomic mass is 16.3. The van der Waals surface area contributed by atoms with Crippen LogP contribution in [-0.2, 0) is 11.8 Å². The lowest BCUT2D eigenvalue weighted by molar-refractivity contribution is -0.129. The summed E-state index contributed by atoms with van der Waals surface area (Å²) in [6, 6.07) is 11.6. The second kappa shape index (κ2) is 11.4. The normalized spacial score (nSPS) is 19.5. The van der Waals surface area contributed by atoms with Crippen molar-refractivity contribution >= 4 is 28.8 Å². The SMILES string of the molecule is CC(=O)N1CCC(c2ccc3c(c2)nc(NC(=O)c2cc(C#N)nc(-c4cnn(C)c4)c2)n3C2CCC(O)CC2)CC1. The first-order valence-electron chi connectivity index (χ1n) is 14.5. The summed E-state index contributed by atoms with van der Waals surface area (Å²) in [5.41, 5.74) is 4.54. The Hall–Kier alpha value is -4.56. The van der Waals surface area contributed by atoms with E-state index >= 15 is 0 Å². The van der Waals surface area contributed by atoms with Gasteiger partial charge in [0, 0.05) is 50.4 Å². The van der Waals surface area contributed by atoms with E-state index in [4.69, 9.17) is 4.98 Å². The van der Waals surface area contributed by atoms with Crippen molar-refractivity contribution in [1.29, 1.82) is 5.26 Å². The van der Waals surface area contributed by atoms with Crippen LogP contribution >= 0.6 is 0 Å². The third-order valence-corrected chi connectivity index (χ3v) is 8.58. The molecule has 0 radical (unpaired) electrons. The second-order valence-electron chi connectivity index (χ2n) is 11.4. The van der Waals surface area contributed by atoms with Crippen molar-refractivity contribution in [3.8, 4) is 17.3 Å². The van der Waals surface area contributed by atoms with Gasteiger partial charge in [-0.3, -0.25) is 19.6 Å². The Morgan fingerprint density at radius 1 is 1.05 bits per heavy atom. The van der Waals surface area contributed by atoms with E-state index in [-0.39, 0.29) is 29.7 Å². The zero-order valence-electron chi connectivity index (χ0n) is 23.8. The highest BCUT2D eigenvalue weighted by Gasteiger charge is 2.27. The molecule has 42 heavy (non-hydrogen) atoms. The Labute approximate surface area is 243 Å². The Morgan fingerprint density at radius 3 is 2.48 bits per heavy atom. The highest BCUT2D eigenvalue weighted by molar-refractivity contribution is 6.05. The predicted octanol–water partition coefficient (Wildman–Crippen LogP) is 4.16. The summed E-state index contributed by atoms with van der Waals surface area (Å²) in [7, 11) is 1.79. The summed E-state index contributed by atoms with van der Waals surface area (Å²) in [5, 5.41) is 26.9. The number of hydrogen-bond acceptors (Lipinski definition) is 7. The van der Waals surface area contributed by atoms with Gasteiger partial charge in [-0.2, -0.15) is 10.4 Å². The standard InChI is InChI=1S/C31H34N8O3/c1-19(40)38-11-9-20(10-12-38)21-3-8-29-28(14-21)35-31(39(29)25-4-6-26(41)7-5-25)36-30(42)22-13-24(16-32)34-27(15-22)23-17-33-37(2)18-23/h3,8,13-15,17-18,20,25-26,41H,4-7,9-12H2,1-2H3,(H,35,36,42). The number of nitriles is 1. The van der Waals surface area contributed by atoms with E-state index in [0.717, 1.165) is 49.8 Å². The number of amides is 2. The molecule has 4 aromatic rings. The van der Waals surface area contributed by atoms with Crippen molar-refractivity contribution in [3.63, 3.8) is 0 Å². The fraction of sp³-hybridized carbons (Fsp3) is 0.419. The summed E-state index contributed by atoms with van der Waals surface area (Å²) < 4.78 is 3.73. The molecule has 0 bridgehead atoms. The number of anilines is 1. The lowest BCUT2D eigenvalue weighted by Gasteiger charge is -2.31. The molecule has 2 N–H and O–H groups in total. The van der Waals surface area contributed by atoms with Crippen molar-refractivity contribution in [2.75, 3.05) is 18.4 Å². The lowest BCUT2D eigenvalue weighted by atomic mass is 9.89. The van der Waals surface area contributed by atoms with Gasteiger partial charge in [-0.25, -0.2) is 9.97 Å². The molecule has 1 aliphatic carbocycles. The zero-order valence-corrected chi connectivity index (χ0v) is 23.8.